The standard InChI is InChI=1S/C18H14N2O3S/c21-13-7-5-12(6-8-13)14-11-15(16-3-1-9-23-16)20(19-14)18(22)17-4-2-10-24-17/h1-10,15,21H,11H2/t15-/m0/s1. The van der Waals surface area contributed by atoms with E-state index >= 15 is 0 Å². The van der Waals surface area contributed by atoms with Gasteiger partial charge in [-0.05, 0) is 53.4 Å². The van der Waals surface area contributed by atoms with Crippen LogP contribution < -0.4 is 0 Å². The van der Waals surface area contributed by atoms with Crippen molar-refractivity contribution in [2.75, 3.05) is 0 Å². The number of aromatic hydroxyl groups is 1. The second-order valence-corrected chi connectivity index (χ2v) is 6.40. The Kier molecular flexibility index (Phi) is 3.66. The van der Waals surface area contributed by atoms with E-state index in [0.717, 1.165) is 11.3 Å². The van der Waals surface area contributed by atoms with Gasteiger partial charge in [0.25, 0.3) is 5.91 Å². The van der Waals surface area contributed by atoms with Gasteiger partial charge in [0, 0.05) is 6.42 Å². The number of carbonyl (C=O) groups excluding carboxylic acids is 1. The van der Waals surface area contributed by atoms with Crippen LogP contribution in [0, 0.1) is 0 Å². The number of amides is 1. The zero-order valence-electron chi connectivity index (χ0n) is 12.6. The third kappa shape index (κ3) is 2.61. The molecule has 1 aromatic carbocycles. The number of phenols is 1. The zero-order chi connectivity index (χ0) is 16.5. The van der Waals surface area contributed by atoms with Crippen LogP contribution in [0.25, 0.3) is 0 Å². The monoisotopic (exact) mass is 338 g/mol. The summed E-state index contributed by atoms with van der Waals surface area (Å²) in [6.07, 6.45) is 2.16. The molecule has 0 radical (unpaired) electrons. The predicted molar refractivity (Wildman–Crippen MR) is 91.2 cm³/mol. The molecule has 0 fully saturated rings. The Hall–Kier alpha value is -2.86. The second kappa shape index (κ2) is 5.98. The number of furan rings is 1. The van der Waals surface area contributed by atoms with E-state index in [2.05, 4.69) is 5.10 Å². The Labute approximate surface area is 142 Å². The van der Waals surface area contributed by atoms with Crippen LogP contribution in [0.2, 0.25) is 0 Å². The van der Waals surface area contributed by atoms with Crippen molar-refractivity contribution in [1.29, 1.82) is 0 Å². The Balaban J connectivity index is 1.71. The first kappa shape index (κ1) is 14.7. The second-order valence-electron chi connectivity index (χ2n) is 5.46. The predicted octanol–water partition coefficient (Wildman–Crippen LogP) is 4.04. The first-order chi connectivity index (χ1) is 11.7. The summed E-state index contributed by atoms with van der Waals surface area (Å²) in [5.74, 6) is 0.768. The third-order valence-corrected chi connectivity index (χ3v) is 4.78. The van der Waals surface area contributed by atoms with Crippen LogP contribution >= 0.6 is 11.3 Å². The average Bonchev–Trinajstić information content (AvgIpc) is 3.34. The molecular formula is C18H14N2O3S. The van der Waals surface area contributed by atoms with E-state index in [1.54, 1.807) is 36.6 Å². The summed E-state index contributed by atoms with van der Waals surface area (Å²) in [5.41, 5.74) is 1.67. The molecule has 6 heteroatoms. The number of hydrogen-bond acceptors (Lipinski definition) is 5. The van der Waals surface area contributed by atoms with Crippen molar-refractivity contribution in [2.45, 2.75) is 12.5 Å². The van der Waals surface area contributed by atoms with Gasteiger partial charge >= 0.3 is 0 Å². The number of hydrazone groups is 1. The number of benzene rings is 1. The van der Waals surface area contributed by atoms with Crippen molar-refractivity contribution in [1.82, 2.24) is 5.01 Å². The summed E-state index contributed by atoms with van der Waals surface area (Å²) in [4.78, 5) is 13.4. The summed E-state index contributed by atoms with van der Waals surface area (Å²) in [7, 11) is 0. The number of rotatable bonds is 3. The van der Waals surface area contributed by atoms with E-state index in [0.29, 0.717) is 17.1 Å². The summed E-state index contributed by atoms with van der Waals surface area (Å²) >= 11 is 1.39. The van der Waals surface area contributed by atoms with Crippen molar-refractivity contribution in [3.8, 4) is 5.75 Å². The molecule has 1 amide bonds. The number of carbonyl (C=O) groups is 1. The first-order valence-electron chi connectivity index (χ1n) is 7.50. The highest BCUT2D eigenvalue weighted by Gasteiger charge is 2.35. The lowest BCUT2D eigenvalue weighted by molar-refractivity contribution is 0.0698. The fourth-order valence-electron chi connectivity index (χ4n) is 2.74. The summed E-state index contributed by atoms with van der Waals surface area (Å²) in [6.45, 7) is 0. The van der Waals surface area contributed by atoms with Gasteiger partial charge in [-0.25, -0.2) is 5.01 Å². The molecule has 0 saturated heterocycles. The van der Waals surface area contributed by atoms with E-state index in [9.17, 15) is 9.90 Å². The minimum absolute atomic E-state index is 0.139. The Morgan fingerprint density at radius 3 is 2.71 bits per heavy atom. The van der Waals surface area contributed by atoms with Crippen molar-refractivity contribution in [2.24, 2.45) is 5.10 Å². The summed E-state index contributed by atoms with van der Waals surface area (Å²) < 4.78 is 5.51. The molecular weight excluding hydrogens is 324 g/mol. The molecule has 0 saturated carbocycles. The van der Waals surface area contributed by atoms with E-state index in [-0.39, 0.29) is 17.7 Å². The SMILES string of the molecule is O=C(c1cccs1)N1N=C(c2ccc(O)cc2)C[C@H]1c1ccco1. The topological polar surface area (TPSA) is 66.0 Å². The number of hydrogen-bond donors (Lipinski definition) is 1. The molecule has 0 bridgehead atoms. The van der Waals surface area contributed by atoms with Gasteiger partial charge < -0.3 is 9.52 Å². The minimum atomic E-state index is -0.265. The maximum absolute atomic E-state index is 12.8. The molecule has 0 unspecified atom stereocenters. The van der Waals surface area contributed by atoms with Gasteiger partial charge in [0.1, 0.15) is 17.6 Å². The molecule has 1 N–H and O–H groups in total. The number of phenolic OH excluding ortho intramolecular Hbond substituents is 1. The lowest BCUT2D eigenvalue weighted by atomic mass is 10.0. The van der Waals surface area contributed by atoms with E-state index in [4.69, 9.17) is 4.42 Å². The van der Waals surface area contributed by atoms with Crippen molar-refractivity contribution >= 4 is 23.0 Å². The van der Waals surface area contributed by atoms with Gasteiger partial charge in [-0.1, -0.05) is 6.07 Å². The van der Waals surface area contributed by atoms with Crippen molar-refractivity contribution < 1.29 is 14.3 Å². The highest BCUT2D eigenvalue weighted by molar-refractivity contribution is 7.12. The van der Waals surface area contributed by atoms with E-state index in [1.807, 2.05) is 23.6 Å². The van der Waals surface area contributed by atoms with Gasteiger partial charge in [0.2, 0.25) is 0 Å². The Morgan fingerprint density at radius 1 is 1.21 bits per heavy atom. The number of nitrogens with zero attached hydrogens (tertiary/aromatic N) is 2. The molecule has 3 heterocycles. The van der Waals surface area contributed by atoms with Gasteiger partial charge in [-0.2, -0.15) is 5.10 Å². The van der Waals surface area contributed by atoms with Crippen LogP contribution in [0.15, 0.2) is 69.7 Å². The highest BCUT2D eigenvalue weighted by atomic mass is 32.1. The van der Waals surface area contributed by atoms with Gasteiger partial charge in [0.05, 0.1) is 16.9 Å². The normalized spacial score (nSPS) is 17.1. The Morgan fingerprint density at radius 2 is 2.04 bits per heavy atom. The average molecular weight is 338 g/mol. The molecule has 0 aliphatic carbocycles. The fraction of sp³-hybridized carbons (Fsp3) is 0.111. The van der Waals surface area contributed by atoms with Gasteiger partial charge in [-0.3, -0.25) is 4.79 Å². The maximum atomic E-state index is 12.8. The molecule has 0 spiro atoms. The molecule has 5 nitrogen and oxygen atoms in total. The van der Waals surface area contributed by atoms with Gasteiger partial charge in [-0.15, -0.1) is 11.3 Å². The quantitative estimate of drug-likeness (QED) is 0.784. The maximum Gasteiger partial charge on any atom is 0.284 e. The Bertz CT molecular complexity index is 868. The smallest absolute Gasteiger partial charge is 0.284 e. The molecule has 3 aromatic rings. The van der Waals surface area contributed by atoms with Crippen molar-refractivity contribution in [3.05, 3.63) is 76.4 Å². The van der Waals surface area contributed by atoms with Crippen LogP contribution in [-0.4, -0.2) is 21.7 Å². The van der Waals surface area contributed by atoms with Crippen LogP contribution in [0.5, 0.6) is 5.75 Å². The third-order valence-electron chi connectivity index (χ3n) is 3.92. The first-order valence-corrected chi connectivity index (χ1v) is 8.37. The lowest BCUT2D eigenvalue weighted by Gasteiger charge is -2.18. The number of thiophene rings is 1. The van der Waals surface area contributed by atoms with E-state index in [1.165, 1.54) is 16.3 Å². The molecule has 1 aliphatic rings. The summed E-state index contributed by atoms with van der Waals surface area (Å²) in [5, 5.41) is 17.4. The minimum Gasteiger partial charge on any atom is -0.508 e. The highest BCUT2D eigenvalue weighted by Crippen LogP contribution is 2.34. The molecule has 120 valence electrons. The molecule has 24 heavy (non-hydrogen) atoms. The summed E-state index contributed by atoms with van der Waals surface area (Å²) in [6, 6.07) is 13.9. The van der Waals surface area contributed by atoms with Crippen molar-refractivity contribution in [3.63, 3.8) is 0 Å². The van der Waals surface area contributed by atoms with Gasteiger partial charge in [0.15, 0.2) is 0 Å². The lowest BCUT2D eigenvalue weighted by Crippen LogP contribution is -2.26. The fourth-order valence-corrected chi connectivity index (χ4v) is 3.40. The van der Waals surface area contributed by atoms with E-state index < -0.39 is 0 Å². The largest absolute Gasteiger partial charge is 0.508 e. The molecule has 2 aromatic heterocycles. The van der Waals surface area contributed by atoms with Crippen LogP contribution in [-0.2, 0) is 0 Å². The van der Waals surface area contributed by atoms with Crippen LogP contribution in [0.1, 0.15) is 33.5 Å². The molecule has 1 aliphatic heterocycles. The molecule has 4 rings (SSSR count). The van der Waals surface area contributed by atoms with Crippen LogP contribution in [0.4, 0.5) is 0 Å². The van der Waals surface area contributed by atoms with Crippen LogP contribution in [0.3, 0.4) is 0 Å². The zero-order valence-corrected chi connectivity index (χ0v) is 13.4. The molecule has 1 atom stereocenters.